The molecule has 1 aromatic carbocycles. The van der Waals surface area contributed by atoms with E-state index in [0.717, 1.165) is 36.1 Å². The van der Waals surface area contributed by atoms with Crippen LogP contribution in [0.4, 0.5) is 5.00 Å². The summed E-state index contributed by atoms with van der Waals surface area (Å²) in [5.74, 6) is -0.383. The summed E-state index contributed by atoms with van der Waals surface area (Å²) < 4.78 is 16.4. The second kappa shape index (κ2) is 11.9. The highest BCUT2D eigenvalue weighted by molar-refractivity contribution is 14.1. The van der Waals surface area contributed by atoms with Crippen LogP contribution in [0.5, 0.6) is 11.5 Å². The summed E-state index contributed by atoms with van der Waals surface area (Å²) in [5, 5.41) is 22.4. The number of thiophene rings is 1. The van der Waals surface area contributed by atoms with Crippen LogP contribution in [0.15, 0.2) is 17.7 Å². The van der Waals surface area contributed by atoms with Gasteiger partial charge in [0.05, 0.1) is 22.9 Å². The topological polar surface area (TPSA) is 121 Å². The van der Waals surface area contributed by atoms with Gasteiger partial charge in [-0.05, 0) is 84.5 Å². The van der Waals surface area contributed by atoms with E-state index in [9.17, 15) is 20.1 Å². The third-order valence-electron chi connectivity index (χ3n) is 5.08. The highest BCUT2D eigenvalue weighted by atomic mass is 127. The Morgan fingerprint density at radius 2 is 2.03 bits per heavy atom. The quantitative estimate of drug-likeness (QED) is 0.206. The molecule has 0 unspecified atom stereocenters. The van der Waals surface area contributed by atoms with E-state index in [2.05, 4.69) is 11.4 Å². The molecule has 0 radical (unpaired) electrons. The van der Waals surface area contributed by atoms with Crippen LogP contribution in [0.25, 0.3) is 6.08 Å². The van der Waals surface area contributed by atoms with E-state index in [1.54, 1.807) is 19.1 Å². The smallest absolute Gasteiger partial charge is 0.344 e. The van der Waals surface area contributed by atoms with E-state index in [4.69, 9.17) is 14.2 Å². The molecule has 1 amide bonds. The first-order valence-corrected chi connectivity index (χ1v) is 12.4. The van der Waals surface area contributed by atoms with E-state index >= 15 is 0 Å². The third-order valence-corrected chi connectivity index (χ3v) is 7.09. The zero-order valence-corrected chi connectivity index (χ0v) is 21.7. The number of esters is 1. The minimum absolute atomic E-state index is 0.117. The van der Waals surface area contributed by atoms with Crippen LogP contribution in [0.3, 0.4) is 0 Å². The maximum absolute atomic E-state index is 12.9. The minimum Gasteiger partial charge on any atom is -0.493 e. The molecule has 1 aliphatic rings. The second-order valence-electron chi connectivity index (χ2n) is 7.28. The number of hydrogen-bond acceptors (Lipinski definition) is 8. The van der Waals surface area contributed by atoms with Crippen molar-refractivity contribution in [2.24, 2.45) is 0 Å². The van der Waals surface area contributed by atoms with Crippen molar-refractivity contribution in [3.05, 3.63) is 42.8 Å². The summed E-state index contributed by atoms with van der Waals surface area (Å²) in [6.45, 7) is 1.69. The van der Waals surface area contributed by atoms with Gasteiger partial charge in [0.25, 0.3) is 5.91 Å². The molecule has 2 aromatic rings. The van der Waals surface area contributed by atoms with E-state index in [-0.39, 0.29) is 18.8 Å². The summed E-state index contributed by atoms with van der Waals surface area (Å²) >= 11 is 3.43. The zero-order valence-electron chi connectivity index (χ0n) is 18.7. The van der Waals surface area contributed by atoms with E-state index < -0.39 is 11.9 Å². The van der Waals surface area contributed by atoms with Crippen LogP contribution in [0.2, 0.25) is 0 Å². The van der Waals surface area contributed by atoms with Gasteiger partial charge in [0.15, 0.2) is 18.1 Å². The fraction of sp³-hybridized carbons (Fsp3) is 0.333. The number of benzene rings is 1. The lowest BCUT2D eigenvalue weighted by atomic mass is 9.96. The molecule has 0 atom stereocenters. The summed E-state index contributed by atoms with van der Waals surface area (Å²) in [4.78, 5) is 25.6. The Hall–Kier alpha value is -3.09. The lowest BCUT2D eigenvalue weighted by Crippen LogP contribution is -2.15. The molecule has 8 nitrogen and oxygen atoms in total. The number of nitrogens with zero attached hydrogens (tertiary/aromatic N) is 2. The summed E-state index contributed by atoms with van der Waals surface area (Å²) in [5.41, 5.74) is 1.93. The Balaban J connectivity index is 1.83. The van der Waals surface area contributed by atoms with Gasteiger partial charge in [-0.15, -0.1) is 11.3 Å². The second-order valence-corrected chi connectivity index (χ2v) is 9.55. The number of amides is 1. The molecule has 0 fully saturated rings. The first-order valence-electron chi connectivity index (χ1n) is 10.6. The number of nitriles is 2. The fourth-order valence-electron chi connectivity index (χ4n) is 3.55. The van der Waals surface area contributed by atoms with Crippen LogP contribution in [0, 0.1) is 26.2 Å². The average molecular weight is 591 g/mol. The molecule has 1 heterocycles. The highest BCUT2D eigenvalue weighted by Crippen LogP contribution is 2.38. The molecule has 34 heavy (non-hydrogen) atoms. The van der Waals surface area contributed by atoms with E-state index in [0.29, 0.717) is 31.2 Å². The van der Waals surface area contributed by atoms with Crippen molar-refractivity contribution < 1.29 is 23.8 Å². The Kier molecular flexibility index (Phi) is 8.91. The Labute approximate surface area is 215 Å². The number of halogens is 1. The molecule has 0 spiro atoms. The van der Waals surface area contributed by atoms with Gasteiger partial charge in [0.1, 0.15) is 22.7 Å². The Bertz CT molecular complexity index is 1220. The monoisotopic (exact) mass is 591 g/mol. The molecule has 0 bridgehead atoms. The number of anilines is 1. The first-order chi connectivity index (χ1) is 16.4. The number of carbonyl (C=O) groups excluding carboxylic acids is 2. The van der Waals surface area contributed by atoms with Gasteiger partial charge in [-0.25, -0.2) is 4.79 Å². The number of aryl methyl sites for hydroxylation is 1. The number of methoxy groups -OCH3 is 1. The molecule has 1 aliphatic carbocycles. The van der Waals surface area contributed by atoms with Gasteiger partial charge < -0.3 is 19.5 Å². The number of fused-ring (bicyclic) bond motifs is 1. The largest absolute Gasteiger partial charge is 0.493 e. The van der Waals surface area contributed by atoms with Gasteiger partial charge in [-0.1, -0.05) is 0 Å². The zero-order chi connectivity index (χ0) is 24.7. The molecular formula is C24H22IN3O5S. The normalized spacial score (nSPS) is 12.7. The van der Waals surface area contributed by atoms with Gasteiger partial charge in [-0.2, -0.15) is 10.5 Å². The molecule has 10 heteroatoms. The van der Waals surface area contributed by atoms with E-state index in [1.807, 2.05) is 28.7 Å². The summed E-state index contributed by atoms with van der Waals surface area (Å²) in [7, 11) is 1.45. The van der Waals surface area contributed by atoms with Gasteiger partial charge in [0.2, 0.25) is 0 Å². The average Bonchev–Trinajstić information content (AvgIpc) is 3.18. The molecule has 0 saturated carbocycles. The number of hydrogen-bond donors (Lipinski definition) is 1. The van der Waals surface area contributed by atoms with Crippen LogP contribution in [-0.4, -0.2) is 32.2 Å². The van der Waals surface area contributed by atoms with Crippen molar-refractivity contribution in [2.75, 3.05) is 25.6 Å². The maximum atomic E-state index is 12.9. The first kappa shape index (κ1) is 25.5. The van der Waals surface area contributed by atoms with Crippen molar-refractivity contribution >= 4 is 56.9 Å². The molecular weight excluding hydrogens is 569 g/mol. The van der Waals surface area contributed by atoms with Crippen LogP contribution >= 0.6 is 33.9 Å². The number of ether oxygens (including phenoxy) is 3. The minimum atomic E-state index is -0.589. The van der Waals surface area contributed by atoms with Crippen LogP contribution in [-0.2, 0) is 27.2 Å². The fourth-order valence-corrected chi connectivity index (χ4v) is 5.57. The molecule has 1 aromatic heterocycles. The van der Waals surface area contributed by atoms with Crippen molar-refractivity contribution in [1.29, 1.82) is 10.5 Å². The molecule has 3 rings (SSSR count). The molecule has 176 valence electrons. The number of carbonyl (C=O) groups is 2. The molecule has 0 aliphatic heterocycles. The lowest BCUT2D eigenvalue weighted by molar-refractivity contribution is -0.145. The third kappa shape index (κ3) is 5.88. The highest BCUT2D eigenvalue weighted by Gasteiger charge is 2.23. The SMILES string of the molecule is CCOC(=O)COc1c(I)cc(/C=C(\C#N)C(=O)Nc2sc3c(c2C#N)CCCC3)cc1OC. The van der Waals surface area contributed by atoms with Crippen molar-refractivity contribution in [1.82, 2.24) is 0 Å². The van der Waals surface area contributed by atoms with Gasteiger partial charge in [-0.3, -0.25) is 4.79 Å². The predicted molar refractivity (Wildman–Crippen MR) is 136 cm³/mol. The van der Waals surface area contributed by atoms with Crippen molar-refractivity contribution in [3.63, 3.8) is 0 Å². The summed E-state index contributed by atoms with van der Waals surface area (Å²) in [6.07, 6.45) is 5.25. The summed E-state index contributed by atoms with van der Waals surface area (Å²) in [6, 6.07) is 7.45. The molecule has 1 N–H and O–H groups in total. The van der Waals surface area contributed by atoms with E-state index in [1.165, 1.54) is 24.5 Å². The van der Waals surface area contributed by atoms with Crippen LogP contribution in [0.1, 0.15) is 41.3 Å². The van der Waals surface area contributed by atoms with Gasteiger partial charge >= 0.3 is 5.97 Å². The number of nitrogens with one attached hydrogen (secondary N) is 1. The van der Waals surface area contributed by atoms with Gasteiger partial charge in [0, 0.05) is 4.88 Å². The number of rotatable bonds is 8. The van der Waals surface area contributed by atoms with Crippen molar-refractivity contribution in [3.8, 4) is 23.6 Å². The maximum Gasteiger partial charge on any atom is 0.344 e. The Morgan fingerprint density at radius 1 is 1.26 bits per heavy atom. The lowest BCUT2D eigenvalue weighted by Gasteiger charge is -2.13. The predicted octanol–water partition coefficient (Wildman–Crippen LogP) is 4.60. The Morgan fingerprint density at radius 3 is 2.71 bits per heavy atom. The standard InChI is InChI=1S/C24H22IN3O5S/c1-3-32-21(29)13-33-22-18(25)9-14(10-19(22)31-2)8-15(11-26)23(30)28-24-17(12-27)16-6-4-5-7-20(16)34-24/h8-10H,3-7,13H2,1-2H3,(H,28,30)/b15-8+. The van der Waals surface area contributed by atoms with Crippen LogP contribution < -0.4 is 14.8 Å². The van der Waals surface area contributed by atoms with Crippen molar-refractivity contribution in [2.45, 2.75) is 32.6 Å². The molecule has 0 saturated heterocycles.